The van der Waals surface area contributed by atoms with Crippen molar-refractivity contribution in [3.63, 3.8) is 0 Å². The molecule has 0 bridgehead atoms. The third-order valence-electron chi connectivity index (χ3n) is 8.09. The van der Waals surface area contributed by atoms with E-state index in [0.717, 1.165) is 20.5 Å². The molecule has 1 aromatic heterocycles. The zero-order valence-electron chi connectivity index (χ0n) is 28.1. The maximum absolute atomic E-state index is 13.7. The second-order valence-electron chi connectivity index (χ2n) is 11.8. The molecule has 3 N–H and O–H groups in total. The maximum Gasteiger partial charge on any atom is 0.272 e. The average molecular weight is 787 g/mol. The lowest BCUT2D eigenvalue weighted by atomic mass is 10.1. The van der Waals surface area contributed by atoms with Crippen LogP contribution in [0.2, 0.25) is 0 Å². The standard InChI is InChI=1S/C42H32BrN3O6S/c43-30-13-11-27(12-14-30)36-22-18-33(52-36)26-35(46-40(47)29-9-5-2-6-10-29)41(48)44-31-15-19-34(20-16-31)53-39(28-7-3-1-4-8-28)42(49)45-32-17-21-37-38(25-32)51-24-23-50-37/h1-22,25-26,39H,23-24H2,(H,44,48)(H,45,49)(H,46,47)/b35-26-/t39-/m0/s1. The molecule has 5 aromatic carbocycles. The van der Waals surface area contributed by atoms with Crippen molar-refractivity contribution in [3.05, 3.63) is 167 Å². The van der Waals surface area contributed by atoms with Crippen LogP contribution in [-0.4, -0.2) is 30.9 Å². The zero-order valence-corrected chi connectivity index (χ0v) is 30.5. The molecule has 0 saturated carbocycles. The number of furan rings is 1. The van der Waals surface area contributed by atoms with E-state index in [0.29, 0.717) is 53.2 Å². The summed E-state index contributed by atoms with van der Waals surface area (Å²) < 4.78 is 18.3. The minimum absolute atomic E-state index is 0.00559. The average Bonchev–Trinajstić information content (AvgIpc) is 3.66. The Balaban J connectivity index is 1.08. The Morgan fingerprint density at radius 1 is 0.698 bits per heavy atom. The molecule has 2 heterocycles. The molecule has 1 aliphatic heterocycles. The molecule has 1 atom stereocenters. The van der Waals surface area contributed by atoms with Gasteiger partial charge in [-0.15, -0.1) is 11.8 Å². The van der Waals surface area contributed by atoms with E-state index in [1.807, 2.05) is 72.8 Å². The van der Waals surface area contributed by atoms with E-state index in [4.69, 9.17) is 13.9 Å². The molecular formula is C42H32BrN3O6S. The smallest absolute Gasteiger partial charge is 0.272 e. The van der Waals surface area contributed by atoms with Crippen LogP contribution in [0.25, 0.3) is 17.4 Å². The maximum atomic E-state index is 13.7. The largest absolute Gasteiger partial charge is 0.486 e. The summed E-state index contributed by atoms with van der Waals surface area (Å²) in [5, 5.41) is 8.06. The summed E-state index contributed by atoms with van der Waals surface area (Å²) in [5.41, 5.74) is 3.17. The summed E-state index contributed by atoms with van der Waals surface area (Å²) in [6.07, 6.45) is 1.49. The number of amides is 3. The van der Waals surface area contributed by atoms with Gasteiger partial charge in [0.05, 0.1) is 0 Å². The fourth-order valence-corrected chi connectivity index (χ4v) is 6.75. The molecule has 0 unspecified atom stereocenters. The second kappa shape index (κ2) is 16.5. The van der Waals surface area contributed by atoms with Crippen molar-refractivity contribution < 1.29 is 28.3 Å². The Morgan fingerprint density at radius 2 is 1.38 bits per heavy atom. The number of hydrogen-bond acceptors (Lipinski definition) is 7. The predicted molar refractivity (Wildman–Crippen MR) is 210 cm³/mol. The number of rotatable bonds is 11. The Bertz CT molecular complexity index is 2260. The topological polar surface area (TPSA) is 119 Å². The minimum atomic E-state index is -0.580. The first-order chi connectivity index (χ1) is 25.9. The number of hydrogen-bond donors (Lipinski definition) is 3. The van der Waals surface area contributed by atoms with Crippen molar-refractivity contribution in [2.75, 3.05) is 23.8 Å². The number of thioether (sulfide) groups is 1. The predicted octanol–water partition coefficient (Wildman–Crippen LogP) is 9.36. The van der Waals surface area contributed by atoms with Crippen LogP contribution >= 0.6 is 27.7 Å². The molecule has 0 saturated heterocycles. The van der Waals surface area contributed by atoms with Gasteiger partial charge in [-0.3, -0.25) is 14.4 Å². The van der Waals surface area contributed by atoms with E-state index >= 15 is 0 Å². The molecule has 53 heavy (non-hydrogen) atoms. The highest BCUT2D eigenvalue weighted by molar-refractivity contribution is 9.10. The van der Waals surface area contributed by atoms with Crippen LogP contribution in [0.4, 0.5) is 11.4 Å². The van der Waals surface area contributed by atoms with Gasteiger partial charge < -0.3 is 29.8 Å². The molecule has 0 spiro atoms. The summed E-state index contributed by atoms with van der Waals surface area (Å²) in [6.45, 7) is 0.928. The second-order valence-corrected chi connectivity index (χ2v) is 13.9. The lowest BCUT2D eigenvalue weighted by Gasteiger charge is -2.20. The van der Waals surface area contributed by atoms with Gasteiger partial charge in [0, 0.05) is 44.0 Å². The van der Waals surface area contributed by atoms with Crippen molar-refractivity contribution in [3.8, 4) is 22.8 Å². The number of carbonyl (C=O) groups excluding carboxylic acids is 3. The van der Waals surface area contributed by atoms with Gasteiger partial charge in [0.15, 0.2) is 11.5 Å². The van der Waals surface area contributed by atoms with E-state index in [1.165, 1.54) is 17.8 Å². The van der Waals surface area contributed by atoms with Crippen LogP contribution in [0.5, 0.6) is 11.5 Å². The van der Waals surface area contributed by atoms with E-state index in [1.54, 1.807) is 66.7 Å². The van der Waals surface area contributed by atoms with Gasteiger partial charge in [-0.2, -0.15) is 0 Å². The molecule has 3 amide bonds. The molecule has 0 aliphatic carbocycles. The highest BCUT2D eigenvalue weighted by Gasteiger charge is 2.24. The Labute approximate surface area is 318 Å². The first-order valence-electron chi connectivity index (χ1n) is 16.7. The van der Waals surface area contributed by atoms with Crippen LogP contribution in [0.1, 0.15) is 26.9 Å². The van der Waals surface area contributed by atoms with E-state index < -0.39 is 17.1 Å². The van der Waals surface area contributed by atoms with Gasteiger partial charge in [0.1, 0.15) is 35.7 Å². The molecule has 1 aliphatic rings. The van der Waals surface area contributed by atoms with Crippen LogP contribution in [0.3, 0.4) is 0 Å². The summed E-state index contributed by atoms with van der Waals surface area (Å²) in [7, 11) is 0. The molecule has 11 heteroatoms. The van der Waals surface area contributed by atoms with Crippen molar-refractivity contribution in [2.24, 2.45) is 0 Å². The molecule has 7 rings (SSSR count). The third kappa shape index (κ3) is 9.07. The molecular weight excluding hydrogens is 754 g/mol. The highest BCUT2D eigenvalue weighted by atomic mass is 79.9. The molecule has 9 nitrogen and oxygen atoms in total. The lowest BCUT2D eigenvalue weighted by Crippen LogP contribution is -2.30. The van der Waals surface area contributed by atoms with Crippen molar-refractivity contribution in [1.29, 1.82) is 0 Å². The van der Waals surface area contributed by atoms with Crippen molar-refractivity contribution in [1.82, 2.24) is 5.32 Å². The molecule has 264 valence electrons. The van der Waals surface area contributed by atoms with Gasteiger partial charge >= 0.3 is 0 Å². The normalized spacial score (nSPS) is 12.7. The number of fused-ring (bicyclic) bond motifs is 1. The number of carbonyl (C=O) groups is 3. The molecule has 6 aromatic rings. The monoisotopic (exact) mass is 785 g/mol. The Morgan fingerprint density at radius 3 is 2.11 bits per heavy atom. The fourth-order valence-electron chi connectivity index (χ4n) is 5.47. The first kappa shape index (κ1) is 35.4. The van der Waals surface area contributed by atoms with Crippen LogP contribution in [0, 0.1) is 0 Å². The Kier molecular flexibility index (Phi) is 11.0. The van der Waals surface area contributed by atoms with Crippen LogP contribution in [-0.2, 0) is 9.59 Å². The summed E-state index contributed by atoms with van der Waals surface area (Å²) >= 11 is 4.82. The van der Waals surface area contributed by atoms with Crippen molar-refractivity contribution >= 4 is 62.9 Å². The number of halogens is 1. The van der Waals surface area contributed by atoms with Gasteiger partial charge in [-0.1, -0.05) is 76.6 Å². The van der Waals surface area contributed by atoms with E-state index in [2.05, 4.69) is 31.9 Å². The van der Waals surface area contributed by atoms with E-state index in [-0.39, 0.29) is 11.6 Å². The van der Waals surface area contributed by atoms with Gasteiger partial charge in [-0.05, 0) is 78.4 Å². The van der Waals surface area contributed by atoms with Crippen LogP contribution < -0.4 is 25.4 Å². The SMILES string of the molecule is O=C(Nc1ccc(S[C@H](C(=O)Nc2ccc3c(c2)OCCO3)c2ccccc2)cc1)/C(=C/c1ccc(-c2ccc(Br)cc2)o1)NC(=O)c1ccccc1. The number of nitrogens with one attached hydrogen (secondary N) is 3. The molecule has 0 radical (unpaired) electrons. The van der Waals surface area contributed by atoms with E-state index in [9.17, 15) is 14.4 Å². The Hall–Kier alpha value is -6.04. The summed E-state index contributed by atoms with van der Waals surface area (Å²) in [6, 6.07) is 41.8. The van der Waals surface area contributed by atoms with Gasteiger partial charge in [0.2, 0.25) is 5.91 Å². The zero-order chi connectivity index (χ0) is 36.6. The fraction of sp³-hybridized carbons (Fsp3) is 0.0714. The summed E-state index contributed by atoms with van der Waals surface area (Å²) in [4.78, 5) is 41.3. The lowest BCUT2D eigenvalue weighted by molar-refractivity contribution is -0.116. The van der Waals surface area contributed by atoms with Crippen molar-refractivity contribution in [2.45, 2.75) is 10.1 Å². The third-order valence-corrected chi connectivity index (χ3v) is 9.88. The number of ether oxygens (including phenoxy) is 2. The van der Waals surface area contributed by atoms with Gasteiger partial charge in [0.25, 0.3) is 11.8 Å². The summed E-state index contributed by atoms with van der Waals surface area (Å²) in [5.74, 6) is 1.03. The van der Waals surface area contributed by atoms with Crippen LogP contribution in [0.15, 0.2) is 159 Å². The number of benzene rings is 5. The van der Waals surface area contributed by atoms with Gasteiger partial charge in [-0.25, -0.2) is 0 Å². The highest BCUT2D eigenvalue weighted by Crippen LogP contribution is 2.38. The quantitative estimate of drug-likeness (QED) is 0.0885. The minimum Gasteiger partial charge on any atom is -0.486 e. The first-order valence-corrected chi connectivity index (χ1v) is 18.3. The molecule has 0 fully saturated rings. The number of anilines is 2.